The third-order valence-electron chi connectivity index (χ3n) is 3.40. The van der Waals surface area contributed by atoms with Crippen LogP contribution in [0.5, 0.6) is 0 Å². The van der Waals surface area contributed by atoms with Crippen LogP contribution in [-0.2, 0) is 4.79 Å². The van der Waals surface area contributed by atoms with Crippen LogP contribution in [0.2, 0.25) is 0 Å². The molecule has 29 heavy (non-hydrogen) atoms. The Kier molecular flexibility index (Phi) is 7.03. The molecule has 12 heteroatoms. The van der Waals surface area contributed by atoms with Gasteiger partial charge in [0.05, 0.1) is 9.85 Å². The van der Waals surface area contributed by atoms with Crippen molar-refractivity contribution in [3.8, 4) is 0 Å². The van der Waals surface area contributed by atoms with Crippen LogP contribution in [-0.4, -0.2) is 26.8 Å². The maximum atomic E-state index is 11.9. The van der Waals surface area contributed by atoms with Gasteiger partial charge in [0.2, 0.25) is 5.91 Å². The summed E-state index contributed by atoms with van der Waals surface area (Å²) in [5, 5.41) is 23.3. The van der Waals surface area contributed by atoms with Gasteiger partial charge in [-0.05, 0) is 48.1 Å². The standard InChI is InChI=1S/C17H13N5O6S/c23-15(10-3-11-1-6-13(7-2-11)21(25)26)18-17(29)20-19-16(24)12-4-8-14(9-5-12)22(27)28/h1-10H,(H,19,24)(H2,18,20,23,29)/b10-3+. The van der Waals surface area contributed by atoms with Crippen molar-refractivity contribution in [1.29, 1.82) is 0 Å². The predicted molar refractivity (Wildman–Crippen MR) is 107 cm³/mol. The number of thiocarbonyl (C=S) groups is 1. The minimum Gasteiger partial charge on any atom is -0.298 e. The molecule has 0 aliphatic heterocycles. The van der Waals surface area contributed by atoms with Crippen molar-refractivity contribution in [3.05, 3.63) is 86.0 Å². The maximum Gasteiger partial charge on any atom is 0.269 e. The minimum absolute atomic E-state index is 0.0688. The van der Waals surface area contributed by atoms with Crippen LogP contribution in [0.25, 0.3) is 6.08 Å². The number of benzene rings is 2. The molecule has 0 heterocycles. The molecule has 0 spiro atoms. The van der Waals surface area contributed by atoms with Crippen LogP contribution >= 0.6 is 12.2 Å². The number of hydrazine groups is 1. The van der Waals surface area contributed by atoms with Crippen LogP contribution < -0.4 is 16.2 Å². The lowest BCUT2D eigenvalue weighted by atomic mass is 10.2. The average Bonchev–Trinajstić information content (AvgIpc) is 2.70. The number of amides is 2. The summed E-state index contributed by atoms with van der Waals surface area (Å²) in [7, 11) is 0. The second kappa shape index (κ2) is 9.66. The summed E-state index contributed by atoms with van der Waals surface area (Å²) in [5.74, 6) is -1.21. The zero-order valence-corrected chi connectivity index (χ0v) is 15.3. The van der Waals surface area contributed by atoms with Gasteiger partial charge in [-0.3, -0.25) is 46.0 Å². The topological polar surface area (TPSA) is 157 Å². The molecule has 2 aromatic carbocycles. The summed E-state index contributed by atoms with van der Waals surface area (Å²) in [4.78, 5) is 43.8. The first-order chi connectivity index (χ1) is 13.8. The quantitative estimate of drug-likeness (QED) is 0.289. The third-order valence-corrected chi connectivity index (χ3v) is 3.60. The number of carbonyl (C=O) groups is 2. The van der Waals surface area contributed by atoms with Crippen molar-refractivity contribution >= 4 is 46.6 Å². The minimum atomic E-state index is -0.613. The number of hydrogen-bond acceptors (Lipinski definition) is 7. The molecule has 2 rings (SSSR count). The Hall–Kier alpha value is -4.19. The lowest BCUT2D eigenvalue weighted by Gasteiger charge is -2.09. The second-order valence-corrected chi connectivity index (χ2v) is 5.79. The van der Waals surface area contributed by atoms with Gasteiger partial charge in [0.25, 0.3) is 17.3 Å². The number of nitrogens with zero attached hydrogens (tertiary/aromatic N) is 2. The van der Waals surface area contributed by atoms with Crippen molar-refractivity contribution in [1.82, 2.24) is 16.2 Å². The molecule has 0 radical (unpaired) electrons. The summed E-state index contributed by atoms with van der Waals surface area (Å²) in [5.41, 5.74) is 5.06. The van der Waals surface area contributed by atoms with Crippen LogP contribution in [0.4, 0.5) is 11.4 Å². The highest BCUT2D eigenvalue weighted by Crippen LogP contribution is 2.13. The highest BCUT2D eigenvalue weighted by atomic mass is 32.1. The monoisotopic (exact) mass is 415 g/mol. The van der Waals surface area contributed by atoms with Gasteiger partial charge in [-0.1, -0.05) is 0 Å². The Morgan fingerprint density at radius 2 is 1.38 bits per heavy atom. The third kappa shape index (κ3) is 6.48. The van der Waals surface area contributed by atoms with Crippen LogP contribution in [0.1, 0.15) is 15.9 Å². The fourth-order valence-corrected chi connectivity index (χ4v) is 2.14. The van der Waals surface area contributed by atoms with Gasteiger partial charge in [0.15, 0.2) is 5.11 Å². The molecule has 0 unspecified atom stereocenters. The van der Waals surface area contributed by atoms with Crippen LogP contribution in [0, 0.1) is 20.2 Å². The zero-order valence-electron chi connectivity index (χ0n) is 14.5. The SMILES string of the molecule is O=C(/C=C/c1ccc([N+](=O)[O-])cc1)NC(=S)NNC(=O)c1ccc([N+](=O)[O-])cc1. The van der Waals surface area contributed by atoms with Crippen molar-refractivity contribution in [2.24, 2.45) is 0 Å². The van der Waals surface area contributed by atoms with Gasteiger partial charge in [-0.2, -0.15) is 0 Å². The highest BCUT2D eigenvalue weighted by Gasteiger charge is 2.10. The molecule has 0 saturated heterocycles. The van der Waals surface area contributed by atoms with Gasteiger partial charge < -0.3 is 0 Å². The van der Waals surface area contributed by atoms with Gasteiger partial charge in [0.1, 0.15) is 0 Å². The Morgan fingerprint density at radius 3 is 1.90 bits per heavy atom. The summed E-state index contributed by atoms with van der Waals surface area (Å²) >= 11 is 4.87. The van der Waals surface area contributed by atoms with E-state index >= 15 is 0 Å². The highest BCUT2D eigenvalue weighted by molar-refractivity contribution is 7.80. The van der Waals surface area contributed by atoms with Crippen LogP contribution in [0.3, 0.4) is 0 Å². The van der Waals surface area contributed by atoms with E-state index in [0.29, 0.717) is 5.56 Å². The molecule has 11 nitrogen and oxygen atoms in total. The molecular weight excluding hydrogens is 402 g/mol. The lowest BCUT2D eigenvalue weighted by molar-refractivity contribution is -0.385. The predicted octanol–water partition coefficient (Wildman–Crippen LogP) is 1.85. The largest absolute Gasteiger partial charge is 0.298 e. The molecule has 0 aliphatic rings. The first-order valence-electron chi connectivity index (χ1n) is 7.84. The normalized spacial score (nSPS) is 10.2. The van der Waals surface area contributed by atoms with Gasteiger partial charge in [0, 0.05) is 35.9 Å². The number of rotatable bonds is 5. The number of nitrogens with one attached hydrogen (secondary N) is 3. The first kappa shape index (κ1) is 21.1. The van der Waals surface area contributed by atoms with Crippen molar-refractivity contribution < 1.29 is 19.4 Å². The summed E-state index contributed by atoms with van der Waals surface area (Å²) < 4.78 is 0. The molecule has 2 aromatic rings. The zero-order chi connectivity index (χ0) is 21.4. The van der Waals surface area contributed by atoms with E-state index in [4.69, 9.17) is 12.2 Å². The van der Waals surface area contributed by atoms with E-state index in [9.17, 15) is 29.8 Å². The maximum absolute atomic E-state index is 11.9. The molecule has 0 bridgehead atoms. The molecule has 0 fully saturated rings. The van der Waals surface area contributed by atoms with E-state index in [1.807, 2.05) is 0 Å². The fraction of sp³-hybridized carbons (Fsp3) is 0. The Morgan fingerprint density at radius 1 is 0.862 bits per heavy atom. The Bertz CT molecular complexity index is 988. The smallest absolute Gasteiger partial charge is 0.269 e. The molecular formula is C17H13N5O6S. The number of nitro groups is 2. The molecule has 148 valence electrons. The Labute approximate surface area is 168 Å². The number of carbonyl (C=O) groups excluding carboxylic acids is 2. The van der Waals surface area contributed by atoms with Crippen molar-refractivity contribution in [2.45, 2.75) is 0 Å². The van der Waals surface area contributed by atoms with E-state index in [-0.39, 0.29) is 22.1 Å². The van der Waals surface area contributed by atoms with E-state index in [1.54, 1.807) is 0 Å². The average molecular weight is 415 g/mol. The Balaban J connectivity index is 1.81. The van der Waals surface area contributed by atoms with Gasteiger partial charge in [-0.25, -0.2) is 0 Å². The molecule has 0 aliphatic carbocycles. The summed E-state index contributed by atoms with van der Waals surface area (Å²) in [6.07, 6.45) is 2.59. The summed E-state index contributed by atoms with van der Waals surface area (Å²) in [6, 6.07) is 10.4. The van der Waals surface area contributed by atoms with Gasteiger partial charge >= 0.3 is 0 Å². The first-order valence-corrected chi connectivity index (χ1v) is 8.25. The fourth-order valence-electron chi connectivity index (χ4n) is 1.98. The molecule has 0 aromatic heterocycles. The second-order valence-electron chi connectivity index (χ2n) is 5.38. The number of nitro benzene ring substituents is 2. The lowest BCUT2D eigenvalue weighted by Crippen LogP contribution is -2.48. The number of hydrogen-bond donors (Lipinski definition) is 3. The van der Waals surface area contributed by atoms with Gasteiger partial charge in [-0.15, -0.1) is 0 Å². The van der Waals surface area contributed by atoms with E-state index in [0.717, 1.165) is 6.08 Å². The molecule has 2 amide bonds. The van der Waals surface area contributed by atoms with Crippen molar-refractivity contribution in [3.63, 3.8) is 0 Å². The van der Waals surface area contributed by atoms with Crippen molar-refractivity contribution in [2.75, 3.05) is 0 Å². The molecule has 0 saturated carbocycles. The summed E-state index contributed by atoms with van der Waals surface area (Å²) in [6.45, 7) is 0. The molecule has 0 atom stereocenters. The molecule has 3 N–H and O–H groups in total. The van der Waals surface area contributed by atoms with Crippen LogP contribution in [0.15, 0.2) is 54.6 Å². The van der Waals surface area contributed by atoms with E-state index in [2.05, 4.69) is 16.2 Å². The van der Waals surface area contributed by atoms with E-state index in [1.165, 1.54) is 54.6 Å². The number of non-ortho nitro benzene ring substituents is 2. The van der Waals surface area contributed by atoms with E-state index < -0.39 is 21.7 Å².